The Morgan fingerprint density at radius 2 is 2.15 bits per heavy atom. The number of imidazole rings is 1. The van der Waals surface area contributed by atoms with Crippen molar-refractivity contribution in [3.05, 3.63) is 22.5 Å². The number of thiazole rings is 1. The van der Waals surface area contributed by atoms with Gasteiger partial charge in [0.15, 0.2) is 4.96 Å². The Kier molecular flexibility index (Phi) is 5.18. The molecule has 0 unspecified atom stereocenters. The summed E-state index contributed by atoms with van der Waals surface area (Å²) in [5.41, 5.74) is 2.03. The molecule has 0 saturated heterocycles. The number of aromatic nitrogens is 6. The highest BCUT2D eigenvalue weighted by Crippen LogP contribution is 2.31. The standard InChI is InChI=1S/C17H23N7OS2/c1-11-8-23-14(12(2)18-16(23)27-11)9-22(3)15(25)10-26-17-19-20-21-24(17)13-6-4-5-7-13/h8,13H,4-7,9-10H2,1-3H3. The van der Waals surface area contributed by atoms with Crippen molar-refractivity contribution in [2.75, 3.05) is 12.8 Å². The predicted molar refractivity (Wildman–Crippen MR) is 105 cm³/mol. The summed E-state index contributed by atoms with van der Waals surface area (Å²) in [6.07, 6.45) is 6.75. The molecule has 1 aliphatic carbocycles. The van der Waals surface area contributed by atoms with E-state index in [-0.39, 0.29) is 5.91 Å². The summed E-state index contributed by atoms with van der Waals surface area (Å²) in [5.74, 6) is 0.384. The van der Waals surface area contributed by atoms with E-state index in [2.05, 4.69) is 38.0 Å². The van der Waals surface area contributed by atoms with E-state index in [0.717, 1.165) is 34.3 Å². The maximum atomic E-state index is 12.6. The van der Waals surface area contributed by atoms with E-state index in [1.165, 1.54) is 29.5 Å². The van der Waals surface area contributed by atoms with Gasteiger partial charge in [-0.15, -0.1) is 16.4 Å². The summed E-state index contributed by atoms with van der Waals surface area (Å²) in [4.78, 5) is 21.2. The molecule has 0 aromatic carbocycles. The molecule has 0 aliphatic heterocycles. The van der Waals surface area contributed by atoms with E-state index >= 15 is 0 Å². The molecule has 8 nitrogen and oxygen atoms in total. The van der Waals surface area contributed by atoms with E-state index in [9.17, 15) is 4.79 Å². The van der Waals surface area contributed by atoms with Gasteiger partial charge in [-0.1, -0.05) is 24.6 Å². The number of aryl methyl sites for hydroxylation is 2. The highest BCUT2D eigenvalue weighted by Gasteiger charge is 2.23. The number of rotatable bonds is 6. The van der Waals surface area contributed by atoms with Crippen LogP contribution in [0.25, 0.3) is 4.96 Å². The second-order valence-corrected chi connectivity index (χ2v) is 9.18. The third kappa shape index (κ3) is 3.73. The molecule has 1 amide bonds. The van der Waals surface area contributed by atoms with Gasteiger partial charge in [-0.3, -0.25) is 9.20 Å². The van der Waals surface area contributed by atoms with Crippen molar-refractivity contribution in [2.45, 2.75) is 57.3 Å². The molecule has 27 heavy (non-hydrogen) atoms. The molecule has 3 heterocycles. The fourth-order valence-electron chi connectivity index (χ4n) is 3.51. The van der Waals surface area contributed by atoms with Gasteiger partial charge in [-0.2, -0.15) is 0 Å². The number of amides is 1. The van der Waals surface area contributed by atoms with Crippen LogP contribution in [0.2, 0.25) is 0 Å². The molecule has 0 N–H and O–H groups in total. The van der Waals surface area contributed by atoms with Gasteiger partial charge in [-0.25, -0.2) is 9.67 Å². The van der Waals surface area contributed by atoms with Crippen molar-refractivity contribution < 1.29 is 4.79 Å². The van der Waals surface area contributed by atoms with Crippen LogP contribution in [0, 0.1) is 13.8 Å². The first-order valence-corrected chi connectivity index (χ1v) is 10.9. The Morgan fingerprint density at radius 3 is 2.93 bits per heavy atom. The SMILES string of the molecule is Cc1cn2c(CN(C)C(=O)CSc3nnnn3C3CCCC3)c(C)nc2s1. The van der Waals surface area contributed by atoms with Gasteiger partial charge in [0, 0.05) is 18.1 Å². The predicted octanol–water partition coefficient (Wildman–Crippen LogP) is 2.86. The Hall–Kier alpha value is -1.94. The zero-order valence-corrected chi connectivity index (χ0v) is 17.4. The van der Waals surface area contributed by atoms with Crippen molar-refractivity contribution in [1.29, 1.82) is 0 Å². The molecule has 1 saturated carbocycles. The number of tetrazole rings is 1. The summed E-state index contributed by atoms with van der Waals surface area (Å²) in [6, 6.07) is 0.375. The molecule has 0 bridgehead atoms. The molecule has 3 aromatic heterocycles. The van der Waals surface area contributed by atoms with Crippen molar-refractivity contribution in [3.63, 3.8) is 0 Å². The number of thioether (sulfide) groups is 1. The van der Waals surface area contributed by atoms with Gasteiger partial charge >= 0.3 is 0 Å². The van der Waals surface area contributed by atoms with Gasteiger partial charge in [0.05, 0.1) is 29.7 Å². The van der Waals surface area contributed by atoms with Gasteiger partial charge in [-0.05, 0) is 37.1 Å². The molecule has 0 atom stereocenters. The van der Waals surface area contributed by atoms with Crippen LogP contribution in [-0.4, -0.2) is 53.2 Å². The summed E-state index contributed by atoms with van der Waals surface area (Å²) in [6.45, 7) is 4.60. The normalized spacial score (nSPS) is 15.1. The second kappa shape index (κ2) is 7.59. The number of fused-ring (bicyclic) bond motifs is 1. The van der Waals surface area contributed by atoms with E-state index in [1.54, 1.807) is 16.2 Å². The van der Waals surface area contributed by atoms with E-state index in [1.807, 2.05) is 18.7 Å². The first-order chi connectivity index (χ1) is 13.0. The van der Waals surface area contributed by atoms with Crippen LogP contribution in [0.5, 0.6) is 0 Å². The van der Waals surface area contributed by atoms with Crippen LogP contribution in [-0.2, 0) is 11.3 Å². The maximum Gasteiger partial charge on any atom is 0.233 e. The minimum atomic E-state index is 0.0577. The topological polar surface area (TPSA) is 81.2 Å². The lowest BCUT2D eigenvalue weighted by Gasteiger charge is -2.17. The average Bonchev–Trinajstić information content (AvgIpc) is 3.39. The zero-order chi connectivity index (χ0) is 19.0. The minimum absolute atomic E-state index is 0.0577. The second-order valence-electron chi connectivity index (χ2n) is 7.02. The fourth-order valence-corrected chi connectivity index (χ4v) is 5.28. The molecule has 1 fully saturated rings. The number of hydrogen-bond acceptors (Lipinski definition) is 7. The summed E-state index contributed by atoms with van der Waals surface area (Å²) >= 11 is 3.08. The lowest BCUT2D eigenvalue weighted by atomic mass is 10.3. The number of carbonyl (C=O) groups excluding carboxylic acids is 1. The molecule has 0 spiro atoms. The van der Waals surface area contributed by atoms with Crippen LogP contribution in [0.15, 0.2) is 11.4 Å². The van der Waals surface area contributed by atoms with Crippen molar-refractivity contribution >= 4 is 34.0 Å². The third-order valence-corrected chi connectivity index (χ3v) is 6.83. The third-order valence-electron chi connectivity index (χ3n) is 5.01. The Labute approximate surface area is 166 Å². The highest BCUT2D eigenvalue weighted by molar-refractivity contribution is 7.99. The van der Waals surface area contributed by atoms with E-state index in [4.69, 9.17) is 0 Å². The lowest BCUT2D eigenvalue weighted by molar-refractivity contribution is -0.127. The molecule has 1 aliphatic rings. The molecule has 10 heteroatoms. The van der Waals surface area contributed by atoms with Crippen LogP contribution in [0.1, 0.15) is 48.0 Å². The molecular formula is C17H23N7OS2. The van der Waals surface area contributed by atoms with E-state index < -0.39 is 0 Å². The Morgan fingerprint density at radius 1 is 1.37 bits per heavy atom. The Bertz CT molecular complexity index is 954. The summed E-state index contributed by atoms with van der Waals surface area (Å²) < 4.78 is 3.98. The summed E-state index contributed by atoms with van der Waals surface area (Å²) in [7, 11) is 1.83. The first-order valence-electron chi connectivity index (χ1n) is 9.11. The lowest BCUT2D eigenvalue weighted by Crippen LogP contribution is -2.28. The maximum absolute atomic E-state index is 12.6. The van der Waals surface area contributed by atoms with Crippen LogP contribution in [0.4, 0.5) is 0 Å². The number of nitrogens with zero attached hydrogens (tertiary/aromatic N) is 7. The molecular weight excluding hydrogens is 382 g/mol. The molecule has 0 radical (unpaired) electrons. The first kappa shape index (κ1) is 18.4. The van der Waals surface area contributed by atoms with Gasteiger partial charge in [0.1, 0.15) is 0 Å². The van der Waals surface area contributed by atoms with Gasteiger partial charge < -0.3 is 4.90 Å². The van der Waals surface area contributed by atoms with Crippen LogP contribution >= 0.6 is 23.1 Å². The highest BCUT2D eigenvalue weighted by atomic mass is 32.2. The van der Waals surface area contributed by atoms with Crippen molar-refractivity contribution in [1.82, 2.24) is 34.5 Å². The minimum Gasteiger partial charge on any atom is -0.339 e. The Balaban J connectivity index is 1.40. The summed E-state index contributed by atoms with van der Waals surface area (Å²) in [5, 5.41) is 12.8. The zero-order valence-electron chi connectivity index (χ0n) is 15.8. The fraction of sp³-hybridized carbons (Fsp3) is 0.588. The largest absolute Gasteiger partial charge is 0.339 e. The smallest absolute Gasteiger partial charge is 0.233 e. The van der Waals surface area contributed by atoms with Crippen molar-refractivity contribution in [3.8, 4) is 0 Å². The van der Waals surface area contributed by atoms with Crippen molar-refractivity contribution in [2.24, 2.45) is 0 Å². The van der Waals surface area contributed by atoms with Crippen LogP contribution < -0.4 is 0 Å². The number of carbonyl (C=O) groups is 1. The monoisotopic (exact) mass is 405 g/mol. The van der Waals surface area contributed by atoms with Gasteiger partial charge in [0.25, 0.3) is 0 Å². The van der Waals surface area contributed by atoms with Gasteiger partial charge in [0.2, 0.25) is 11.1 Å². The van der Waals surface area contributed by atoms with Crippen LogP contribution in [0.3, 0.4) is 0 Å². The number of hydrogen-bond donors (Lipinski definition) is 0. The average molecular weight is 406 g/mol. The molecule has 4 rings (SSSR count). The molecule has 144 valence electrons. The molecule has 3 aromatic rings. The van der Waals surface area contributed by atoms with E-state index in [0.29, 0.717) is 18.3 Å². The quantitative estimate of drug-likeness (QED) is 0.587.